The van der Waals surface area contributed by atoms with Crippen LogP contribution in [0.15, 0.2) is 23.1 Å². The number of anilines is 1. The highest BCUT2D eigenvalue weighted by Gasteiger charge is 2.31. The van der Waals surface area contributed by atoms with Gasteiger partial charge in [0.1, 0.15) is 18.2 Å². The smallest absolute Gasteiger partial charge is 0.377 e. The van der Waals surface area contributed by atoms with Crippen LogP contribution < -0.4 is 10.9 Å². The van der Waals surface area contributed by atoms with E-state index in [1.165, 1.54) is 7.11 Å². The first-order valence-corrected chi connectivity index (χ1v) is 7.00. The van der Waals surface area contributed by atoms with Crippen LogP contribution in [0.4, 0.5) is 18.3 Å². The van der Waals surface area contributed by atoms with Gasteiger partial charge in [-0.05, 0) is 6.07 Å². The highest BCUT2D eigenvalue weighted by Crippen LogP contribution is 2.28. The van der Waals surface area contributed by atoms with E-state index < -0.39 is 29.8 Å². The molecule has 0 aliphatic rings. The van der Waals surface area contributed by atoms with Gasteiger partial charge in [0.25, 0.3) is 5.56 Å². The average molecular weight is 348 g/mol. The zero-order valence-electron chi connectivity index (χ0n) is 11.8. The van der Waals surface area contributed by atoms with E-state index in [0.717, 1.165) is 17.4 Å². The highest BCUT2D eigenvalue weighted by molar-refractivity contribution is 7.15. The van der Waals surface area contributed by atoms with Crippen molar-refractivity contribution in [3.8, 4) is 0 Å². The Morgan fingerprint density at radius 2 is 2.13 bits per heavy atom. The zero-order chi connectivity index (χ0) is 17.0. The highest BCUT2D eigenvalue weighted by atomic mass is 32.1. The number of alkyl halides is 3. The Morgan fingerprint density at radius 1 is 1.39 bits per heavy atom. The minimum atomic E-state index is -4.60. The molecule has 2 aromatic rings. The number of carbonyl (C=O) groups is 1. The summed E-state index contributed by atoms with van der Waals surface area (Å²) in [5, 5.41) is 10.5. The molecule has 0 fully saturated rings. The molecule has 1 N–H and O–H groups in total. The van der Waals surface area contributed by atoms with E-state index in [9.17, 15) is 22.8 Å². The SMILES string of the molecule is COCc1nnc(NC(=O)Cn2cc(C(F)(F)F)ccc2=O)s1. The molecule has 2 rings (SSSR count). The lowest BCUT2D eigenvalue weighted by atomic mass is 10.3. The summed E-state index contributed by atoms with van der Waals surface area (Å²) in [5.41, 5.74) is -1.73. The number of aromatic nitrogens is 3. The van der Waals surface area contributed by atoms with Crippen molar-refractivity contribution in [1.29, 1.82) is 0 Å². The van der Waals surface area contributed by atoms with Crippen molar-refractivity contribution < 1.29 is 22.7 Å². The van der Waals surface area contributed by atoms with E-state index in [1.807, 2.05) is 0 Å². The van der Waals surface area contributed by atoms with Gasteiger partial charge in [0, 0.05) is 19.4 Å². The number of hydrogen-bond donors (Lipinski definition) is 1. The van der Waals surface area contributed by atoms with Crippen LogP contribution in [0.1, 0.15) is 10.6 Å². The summed E-state index contributed by atoms with van der Waals surface area (Å²) in [6, 6.07) is 1.43. The number of methoxy groups -OCH3 is 1. The topological polar surface area (TPSA) is 86.1 Å². The molecule has 23 heavy (non-hydrogen) atoms. The number of ether oxygens (including phenoxy) is 1. The van der Waals surface area contributed by atoms with E-state index in [4.69, 9.17) is 4.74 Å². The largest absolute Gasteiger partial charge is 0.417 e. The maximum Gasteiger partial charge on any atom is 0.417 e. The van der Waals surface area contributed by atoms with Gasteiger partial charge in [0.2, 0.25) is 11.0 Å². The normalized spacial score (nSPS) is 11.5. The number of pyridine rings is 1. The molecular weight excluding hydrogens is 337 g/mol. The standard InChI is InChI=1S/C12H11F3N4O3S/c1-22-6-9-17-18-11(23-9)16-8(20)5-19-4-7(12(13,14)15)2-3-10(19)21/h2-4H,5-6H2,1H3,(H,16,18,20). The summed E-state index contributed by atoms with van der Waals surface area (Å²) >= 11 is 1.06. The van der Waals surface area contributed by atoms with Crippen molar-refractivity contribution in [2.75, 3.05) is 12.4 Å². The molecule has 1 amide bonds. The third-order valence-corrected chi connectivity index (χ3v) is 3.42. The third-order valence-electron chi connectivity index (χ3n) is 2.61. The van der Waals surface area contributed by atoms with Crippen LogP contribution in [0.2, 0.25) is 0 Å². The molecule has 0 aliphatic heterocycles. The Bertz CT molecular complexity index is 756. The van der Waals surface area contributed by atoms with Crippen LogP contribution in [0.5, 0.6) is 0 Å². The summed E-state index contributed by atoms with van der Waals surface area (Å²) in [7, 11) is 1.47. The van der Waals surface area contributed by atoms with E-state index in [-0.39, 0.29) is 11.7 Å². The summed E-state index contributed by atoms with van der Waals surface area (Å²) < 4.78 is 43.4. The number of nitrogens with zero attached hydrogens (tertiary/aromatic N) is 3. The molecular formula is C12H11F3N4O3S. The van der Waals surface area contributed by atoms with E-state index in [2.05, 4.69) is 15.5 Å². The Balaban J connectivity index is 2.09. The lowest BCUT2D eigenvalue weighted by Crippen LogP contribution is -2.28. The zero-order valence-corrected chi connectivity index (χ0v) is 12.6. The first kappa shape index (κ1) is 17.1. The second-order valence-corrected chi connectivity index (χ2v) is 5.43. The van der Waals surface area contributed by atoms with Gasteiger partial charge in [-0.15, -0.1) is 10.2 Å². The van der Waals surface area contributed by atoms with E-state index in [0.29, 0.717) is 21.8 Å². The van der Waals surface area contributed by atoms with Crippen molar-refractivity contribution in [2.45, 2.75) is 19.3 Å². The van der Waals surface area contributed by atoms with Gasteiger partial charge < -0.3 is 9.30 Å². The van der Waals surface area contributed by atoms with Crippen LogP contribution >= 0.6 is 11.3 Å². The first-order valence-electron chi connectivity index (χ1n) is 6.18. The Labute approximate surface area is 131 Å². The molecule has 7 nitrogen and oxygen atoms in total. The molecule has 2 aromatic heterocycles. The van der Waals surface area contributed by atoms with Crippen LogP contribution in [0.3, 0.4) is 0 Å². The molecule has 124 valence electrons. The molecule has 2 heterocycles. The van der Waals surface area contributed by atoms with Crippen molar-refractivity contribution >= 4 is 22.4 Å². The van der Waals surface area contributed by atoms with Crippen molar-refractivity contribution in [3.05, 3.63) is 39.3 Å². The van der Waals surface area contributed by atoms with Gasteiger partial charge in [-0.1, -0.05) is 11.3 Å². The first-order chi connectivity index (χ1) is 10.8. The van der Waals surface area contributed by atoms with Gasteiger partial charge in [-0.3, -0.25) is 14.9 Å². The van der Waals surface area contributed by atoms with Gasteiger partial charge in [-0.25, -0.2) is 0 Å². The quantitative estimate of drug-likeness (QED) is 0.885. The van der Waals surface area contributed by atoms with Crippen molar-refractivity contribution in [3.63, 3.8) is 0 Å². The minimum absolute atomic E-state index is 0.169. The number of nitrogens with one attached hydrogen (secondary N) is 1. The van der Waals surface area contributed by atoms with Gasteiger partial charge in [0.05, 0.1) is 5.56 Å². The molecule has 0 saturated carbocycles. The molecule has 0 unspecified atom stereocenters. The Hall–Kier alpha value is -2.27. The van der Waals surface area contributed by atoms with E-state index >= 15 is 0 Å². The second-order valence-electron chi connectivity index (χ2n) is 4.36. The predicted molar refractivity (Wildman–Crippen MR) is 75.0 cm³/mol. The minimum Gasteiger partial charge on any atom is -0.377 e. The number of amides is 1. The molecule has 0 radical (unpaired) electrons. The maximum atomic E-state index is 12.6. The van der Waals surface area contributed by atoms with Gasteiger partial charge in [-0.2, -0.15) is 13.2 Å². The molecule has 0 atom stereocenters. The predicted octanol–water partition coefficient (Wildman–Crippen LogP) is 1.50. The summed E-state index contributed by atoms with van der Waals surface area (Å²) in [5.74, 6) is -0.688. The molecule has 0 saturated heterocycles. The maximum absolute atomic E-state index is 12.6. The molecule has 0 aromatic carbocycles. The van der Waals surface area contributed by atoms with Crippen molar-refractivity contribution in [1.82, 2.24) is 14.8 Å². The molecule has 0 aliphatic carbocycles. The number of halogens is 3. The fourth-order valence-corrected chi connectivity index (χ4v) is 2.35. The number of carbonyl (C=O) groups excluding carboxylic acids is 1. The molecule has 0 bridgehead atoms. The monoisotopic (exact) mass is 348 g/mol. The average Bonchev–Trinajstić information content (AvgIpc) is 2.87. The molecule has 11 heteroatoms. The van der Waals surface area contributed by atoms with Crippen LogP contribution in [0, 0.1) is 0 Å². The Morgan fingerprint density at radius 3 is 2.78 bits per heavy atom. The molecule has 0 spiro atoms. The summed E-state index contributed by atoms with van der Waals surface area (Å²) in [6.07, 6.45) is -4.00. The number of hydrogen-bond acceptors (Lipinski definition) is 6. The second kappa shape index (κ2) is 6.87. The lowest BCUT2D eigenvalue weighted by molar-refractivity contribution is -0.138. The summed E-state index contributed by atoms with van der Waals surface area (Å²) in [6.45, 7) is -0.345. The fraction of sp³-hybridized carbons (Fsp3) is 0.333. The van der Waals surface area contributed by atoms with Crippen LogP contribution in [-0.4, -0.2) is 27.8 Å². The van der Waals surface area contributed by atoms with E-state index in [1.54, 1.807) is 0 Å². The van der Waals surface area contributed by atoms with Gasteiger partial charge in [0.15, 0.2) is 0 Å². The number of rotatable bonds is 5. The Kier molecular flexibility index (Phi) is 5.11. The summed E-state index contributed by atoms with van der Waals surface area (Å²) in [4.78, 5) is 23.4. The van der Waals surface area contributed by atoms with Crippen LogP contribution in [-0.2, 0) is 28.9 Å². The van der Waals surface area contributed by atoms with Crippen molar-refractivity contribution in [2.24, 2.45) is 0 Å². The van der Waals surface area contributed by atoms with Crippen LogP contribution in [0.25, 0.3) is 0 Å². The third kappa shape index (κ3) is 4.60. The lowest BCUT2D eigenvalue weighted by Gasteiger charge is -2.10. The van der Waals surface area contributed by atoms with Gasteiger partial charge >= 0.3 is 6.18 Å². The fourth-order valence-electron chi connectivity index (χ4n) is 1.62.